The van der Waals surface area contributed by atoms with Gasteiger partial charge >= 0.3 is 0 Å². The van der Waals surface area contributed by atoms with Gasteiger partial charge in [-0.25, -0.2) is 0 Å². The standard InChI is InChI=1S/C23H28N2O5/c1-5-25(16-22(26)24-18-8-7-9-19(15-18)28-3)23(27)13-11-17-10-12-20(30-6-2)21(14-17)29-4/h7-15H,5-6,16H2,1-4H3,(H,24,26)/b13-11+. The molecule has 0 aliphatic heterocycles. The second-order valence-corrected chi connectivity index (χ2v) is 6.31. The van der Waals surface area contributed by atoms with Crippen molar-refractivity contribution < 1.29 is 23.8 Å². The number of hydrogen-bond acceptors (Lipinski definition) is 5. The van der Waals surface area contributed by atoms with E-state index in [1.165, 1.54) is 11.0 Å². The zero-order valence-electron chi connectivity index (χ0n) is 17.8. The van der Waals surface area contributed by atoms with Crippen LogP contribution in [0.25, 0.3) is 6.08 Å². The highest BCUT2D eigenvalue weighted by atomic mass is 16.5. The normalized spacial score (nSPS) is 10.5. The highest BCUT2D eigenvalue weighted by Crippen LogP contribution is 2.28. The van der Waals surface area contributed by atoms with Crippen LogP contribution in [0, 0.1) is 0 Å². The fraction of sp³-hybridized carbons (Fsp3) is 0.304. The van der Waals surface area contributed by atoms with Gasteiger partial charge in [0.1, 0.15) is 12.3 Å². The molecule has 2 amide bonds. The smallest absolute Gasteiger partial charge is 0.247 e. The van der Waals surface area contributed by atoms with Crippen molar-refractivity contribution in [3.8, 4) is 17.2 Å². The fourth-order valence-corrected chi connectivity index (χ4v) is 2.76. The molecule has 0 atom stereocenters. The van der Waals surface area contributed by atoms with Crippen molar-refractivity contribution in [2.75, 3.05) is 39.2 Å². The van der Waals surface area contributed by atoms with Gasteiger partial charge in [0.25, 0.3) is 0 Å². The molecular formula is C23H28N2O5. The van der Waals surface area contributed by atoms with Crippen LogP contribution in [0.3, 0.4) is 0 Å². The number of benzene rings is 2. The molecule has 2 aromatic rings. The Labute approximate surface area is 177 Å². The SMILES string of the molecule is CCOc1ccc(/C=C/C(=O)N(CC)CC(=O)Nc2cccc(OC)c2)cc1OC. The van der Waals surface area contributed by atoms with E-state index in [9.17, 15) is 9.59 Å². The van der Waals surface area contributed by atoms with Gasteiger partial charge in [-0.2, -0.15) is 0 Å². The Kier molecular flexibility index (Phi) is 8.75. The first kappa shape index (κ1) is 22.8. The summed E-state index contributed by atoms with van der Waals surface area (Å²) in [7, 11) is 3.13. The molecule has 0 aromatic heterocycles. The van der Waals surface area contributed by atoms with Crippen LogP contribution in [-0.2, 0) is 9.59 Å². The number of rotatable bonds is 10. The fourth-order valence-electron chi connectivity index (χ4n) is 2.76. The monoisotopic (exact) mass is 412 g/mol. The van der Waals surface area contributed by atoms with Crippen LogP contribution >= 0.6 is 0 Å². The number of anilines is 1. The second-order valence-electron chi connectivity index (χ2n) is 6.31. The van der Waals surface area contributed by atoms with E-state index in [4.69, 9.17) is 14.2 Å². The van der Waals surface area contributed by atoms with Crippen LogP contribution in [0.5, 0.6) is 17.2 Å². The highest BCUT2D eigenvalue weighted by molar-refractivity contribution is 5.98. The van der Waals surface area contributed by atoms with Crippen molar-refractivity contribution in [2.24, 2.45) is 0 Å². The first-order chi connectivity index (χ1) is 14.5. The zero-order chi connectivity index (χ0) is 21.9. The molecule has 160 valence electrons. The van der Waals surface area contributed by atoms with Gasteiger partial charge in [0.2, 0.25) is 11.8 Å². The summed E-state index contributed by atoms with van der Waals surface area (Å²) in [5.41, 5.74) is 1.40. The maximum absolute atomic E-state index is 12.5. The Morgan fingerprint density at radius 1 is 1.03 bits per heavy atom. The third-order valence-corrected chi connectivity index (χ3v) is 4.29. The molecule has 0 aliphatic carbocycles. The molecule has 0 bridgehead atoms. The number of amides is 2. The predicted molar refractivity (Wildman–Crippen MR) is 117 cm³/mol. The van der Waals surface area contributed by atoms with Gasteiger partial charge in [0, 0.05) is 24.4 Å². The van der Waals surface area contributed by atoms with E-state index in [-0.39, 0.29) is 18.4 Å². The maximum Gasteiger partial charge on any atom is 0.247 e. The molecule has 0 aliphatic rings. The van der Waals surface area contributed by atoms with Gasteiger partial charge in [-0.3, -0.25) is 9.59 Å². The average Bonchev–Trinajstić information content (AvgIpc) is 2.76. The average molecular weight is 412 g/mol. The number of carbonyl (C=O) groups is 2. The van der Waals surface area contributed by atoms with Crippen molar-refractivity contribution in [1.29, 1.82) is 0 Å². The van der Waals surface area contributed by atoms with E-state index in [1.54, 1.807) is 56.7 Å². The summed E-state index contributed by atoms with van der Waals surface area (Å²) in [6, 6.07) is 12.5. The lowest BCUT2D eigenvalue weighted by Gasteiger charge is -2.18. The lowest BCUT2D eigenvalue weighted by atomic mass is 10.2. The molecule has 0 heterocycles. The summed E-state index contributed by atoms with van der Waals surface area (Å²) in [6.45, 7) is 4.61. The molecule has 0 unspecified atom stereocenters. The maximum atomic E-state index is 12.5. The minimum Gasteiger partial charge on any atom is -0.497 e. The van der Waals surface area contributed by atoms with Crippen LogP contribution < -0.4 is 19.5 Å². The van der Waals surface area contributed by atoms with Crippen LogP contribution in [-0.4, -0.2) is 50.6 Å². The Morgan fingerprint density at radius 3 is 2.50 bits per heavy atom. The molecule has 2 aromatic carbocycles. The minimum atomic E-state index is -0.283. The van der Waals surface area contributed by atoms with Crippen LogP contribution in [0.15, 0.2) is 48.5 Å². The number of hydrogen-bond donors (Lipinski definition) is 1. The van der Waals surface area contributed by atoms with Crippen LogP contribution in [0.2, 0.25) is 0 Å². The van der Waals surface area contributed by atoms with Crippen LogP contribution in [0.1, 0.15) is 19.4 Å². The third-order valence-electron chi connectivity index (χ3n) is 4.29. The zero-order valence-corrected chi connectivity index (χ0v) is 17.8. The Hall–Kier alpha value is -3.48. The molecule has 0 saturated carbocycles. The second kappa shape index (κ2) is 11.5. The molecule has 0 fully saturated rings. The Balaban J connectivity index is 2.00. The van der Waals surface area contributed by atoms with Crippen LogP contribution in [0.4, 0.5) is 5.69 Å². The van der Waals surface area contributed by atoms with Crippen molar-refractivity contribution in [3.05, 3.63) is 54.1 Å². The summed E-state index contributed by atoms with van der Waals surface area (Å²) in [4.78, 5) is 26.3. The third kappa shape index (κ3) is 6.55. The molecule has 0 radical (unpaired) electrons. The van der Waals surface area contributed by atoms with Gasteiger partial charge in [0.05, 0.1) is 20.8 Å². The number of nitrogens with zero attached hydrogens (tertiary/aromatic N) is 1. The molecule has 0 spiro atoms. The van der Waals surface area contributed by atoms with Crippen molar-refractivity contribution in [1.82, 2.24) is 4.90 Å². The number of methoxy groups -OCH3 is 2. The van der Waals surface area contributed by atoms with Crippen molar-refractivity contribution in [3.63, 3.8) is 0 Å². The number of nitrogens with one attached hydrogen (secondary N) is 1. The summed E-state index contributed by atoms with van der Waals surface area (Å²) >= 11 is 0. The topological polar surface area (TPSA) is 77.1 Å². The van der Waals surface area contributed by atoms with Gasteiger partial charge < -0.3 is 24.4 Å². The van der Waals surface area contributed by atoms with E-state index in [0.29, 0.717) is 36.1 Å². The van der Waals surface area contributed by atoms with Crippen molar-refractivity contribution >= 4 is 23.6 Å². The quantitative estimate of drug-likeness (QED) is 0.604. The Morgan fingerprint density at radius 2 is 1.83 bits per heavy atom. The van der Waals surface area contributed by atoms with Gasteiger partial charge in [-0.1, -0.05) is 12.1 Å². The molecule has 0 saturated heterocycles. The summed E-state index contributed by atoms with van der Waals surface area (Å²) in [5.74, 6) is 1.34. The lowest BCUT2D eigenvalue weighted by molar-refractivity contribution is -0.130. The first-order valence-electron chi connectivity index (χ1n) is 9.72. The molecule has 30 heavy (non-hydrogen) atoms. The minimum absolute atomic E-state index is 0.0521. The van der Waals surface area contributed by atoms with E-state index < -0.39 is 0 Å². The van der Waals surface area contributed by atoms with Gasteiger partial charge in [-0.05, 0) is 49.8 Å². The molecule has 2 rings (SSSR count). The predicted octanol–water partition coefficient (Wildman–Crippen LogP) is 3.60. The number of carbonyl (C=O) groups excluding carboxylic acids is 2. The lowest BCUT2D eigenvalue weighted by Crippen LogP contribution is -2.36. The number of likely N-dealkylation sites (N-methyl/N-ethyl adjacent to an activating group) is 1. The first-order valence-corrected chi connectivity index (χ1v) is 9.72. The van der Waals surface area contributed by atoms with Gasteiger partial charge in [0.15, 0.2) is 11.5 Å². The van der Waals surface area contributed by atoms with E-state index in [0.717, 1.165) is 5.56 Å². The summed E-state index contributed by atoms with van der Waals surface area (Å²) in [5, 5.41) is 2.78. The van der Waals surface area contributed by atoms with E-state index in [1.807, 2.05) is 19.9 Å². The van der Waals surface area contributed by atoms with Crippen molar-refractivity contribution in [2.45, 2.75) is 13.8 Å². The highest BCUT2D eigenvalue weighted by Gasteiger charge is 2.14. The molecule has 7 heteroatoms. The van der Waals surface area contributed by atoms with E-state index >= 15 is 0 Å². The Bertz CT molecular complexity index is 895. The van der Waals surface area contributed by atoms with E-state index in [2.05, 4.69) is 5.32 Å². The molecule has 1 N–H and O–H groups in total. The largest absolute Gasteiger partial charge is 0.497 e. The molecule has 7 nitrogen and oxygen atoms in total. The molecular weight excluding hydrogens is 384 g/mol. The van der Waals surface area contributed by atoms with Gasteiger partial charge in [-0.15, -0.1) is 0 Å². The summed E-state index contributed by atoms with van der Waals surface area (Å²) < 4.78 is 16.0. The summed E-state index contributed by atoms with van der Waals surface area (Å²) in [6.07, 6.45) is 3.13. The number of ether oxygens (including phenoxy) is 3.